The van der Waals surface area contributed by atoms with E-state index in [9.17, 15) is 0 Å². The van der Waals surface area contributed by atoms with Crippen LogP contribution in [0.25, 0.3) is 50.1 Å². The van der Waals surface area contributed by atoms with Crippen molar-refractivity contribution in [3.05, 3.63) is 241 Å². The van der Waals surface area contributed by atoms with Gasteiger partial charge in [-0.3, -0.25) is 9.55 Å². The van der Waals surface area contributed by atoms with Gasteiger partial charge in [0.05, 0.1) is 33.8 Å². The molecule has 11 rings (SSSR count). The predicted molar refractivity (Wildman–Crippen MR) is 234 cm³/mol. The van der Waals surface area contributed by atoms with Gasteiger partial charge in [-0.1, -0.05) is 152 Å². The van der Waals surface area contributed by atoms with Crippen molar-refractivity contribution in [2.24, 2.45) is 0 Å². The van der Waals surface area contributed by atoms with Crippen molar-refractivity contribution < 1.29 is 0 Å². The highest BCUT2D eigenvalue weighted by Gasteiger charge is 2.46. The number of hydrogen-bond acceptors (Lipinski definition) is 3. The lowest BCUT2D eigenvalue weighted by atomic mass is 9.67. The van der Waals surface area contributed by atoms with Crippen molar-refractivity contribution in [1.82, 2.24) is 14.5 Å². The minimum Gasteiger partial charge on any atom is -0.309 e. The van der Waals surface area contributed by atoms with Crippen LogP contribution in [0.3, 0.4) is 0 Å². The third-order valence-electron chi connectivity index (χ3n) is 11.5. The van der Waals surface area contributed by atoms with Gasteiger partial charge in [-0.2, -0.15) is 0 Å². The van der Waals surface area contributed by atoms with E-state index in [2.05, 4.69) is 210 Å². The summed E-state index contributed by atoms with van der Waals surface area (Å²) in [5.74, 6) is 0.927. The highest BCUT2D eigenvalue weighted by Crippen LogP contribution is 2.56. The van der Waals surface area contributed by atoms with Crippen LogP contribution in [0.1, 0.15) is 22.3 Å². The molecule has 8 aromatic carbocycles. The molecule has 1 aliphatic carbocycles. The second kappa shape index (κ2) is 13.3. The predicted octanol–water partition coefficient (Wildman–Crippen LogP) is 13.1. The van der Waals surface area contributed by atoms with Gasteiger partial charge < -0.3 is 4.90 Å². The van der Waals surface area contributed by atoms with E-state index >= 15 is 0 Å². The average Bonchev–Trinajstić information content (AvgIpc) is 3.82. The zero-order valence-corrected chi connectivity index (χ0v) is 31.1. The number of anilines is 3. The van der Waals surface area contributed by atoms with Gasteiger partial charge in [-0.25, -0.2) is 4.98 Å². The fraction of sp³-hybridized carbons (Fsp3) is 0.0189. The highest BCUT2D eigenvalue weighted by atomic mass is 15.1. The number of aromatic nitrogens is 3. The second-order valence-corrected chi connectivity index (χ2v) is 14.6. The molecule has 4 heteroatoms. The quantitative estimate of drug-likeness (QED) is 0.164. The molecule has 10 aromatic rings. The normalized spacial score (nSPS) is 12.7. The fourth-order valence-corrected chi connectivity index (χ4v) is 9.02. The number of pyridine rings is 1. The van der Waals surface area contributed by atoms with Gasteiger partial charge in [0.2, 0.25) is 0 Å². The number of fused-ring (bicyclic) bond motifs is 5. The maximum Gasteiger partial charge on any atom is 0.145 e. The number of para-hydroxylation sites is 4. The van der Waals surface area contributed by atoms with E-state index in [0.717, 1.165) is 56.1 Å². The van der Waals surface area contributed by atoms with Crippen molar-refractivity contribution in [3.8, 4) is 28.2 Å². The summed E-state index contributed by atoms with van der Waals surface area (Å²) in [6.07, 6.45) is 1.97. The summed E-state index contributed by atoms with van der Waals surface area (Å²) in [4.78, 5) is 12.3. The molecular formula is C53H36N4. The molecule has 0 aliphatic heterocycles. The third kappa shape index (κ3) is 5.22. The van der Waals surface area contributed by atoms with E-state index in [4.69, 9.17) is 9.97 Å². The summed E-state index contributed by atoms with van der Waals surface area (Å²) in [6.45, 7) is 0. The van der Waals surface area contributed by atoms with Crippen LogP contribution in [0, 0.1) is 0 Å². The summed E-state index contributed by atoms with van der Waals surface area (Å²) in [5.41, 5.74) is 15.3. The minimum absolute atomic E-state index is 0.550. The summed E-state index contributed by atoms with van der Waals surface area (Å²) in [5, 5.41) is 1.11. The summed E-state index contributed by atoms with van der Waals surface area (Å²) >= 11 is 0. The van der Waals surface area contributed by atoms with Gasteiger partial charge in [0.25, 0.3) is 0 Å². The number of hydrogen-bond donors (Lipinski definition) is 0. The Kier molecular flexibility index (Phi) is 7.68. The summed E-state index contributed by atoms with van der Waals surface area (Å²) < 4.78 is 2.28. The summed E-state index contributed by atoms with van der Waals surface area (Å²) in [7, 11) is 0. The van der Waals surface area contributed by atoms with E-state index in [0.29, 0.717) is 0 Å². The van der Waals surface area contributed by atoms with Crippen molar-refractivity contribution in [3.63, 3.8) is 0 Å². The van der Waals surface area contributed by atoms with Gasteiger partial charge in [-0.15, -0.1) is 0 Å². The molecule has 268 valence electrons. The van der Waals surface area contributed by atoms with E-state index in [1.807, 2.05) is 18.3 Å². The number of imidazole rings is 1. The zero-order chi connectivity index (χ0) is 37.8. The maximum atomic E-state index is 5.12. The highest BCUT2D eigenvalue weighted by molar-refractivity contribution is 5.89. The molecule has 0 unspecified atom stereocenters. The van der Waals surface area contributed by atoms with Crippen molar-refractivity contribution >= 4 is 39.0 Å². The molecule has 0 saturated carbocycles. The Balaban J connectivity index is 1.09. The van der Waals surface area contributed by atoms with Crippen LogP contribution in [0.2, 0.25) is 0 Å². The van der Waals surface area contributed by atoms with Crippen LogP contribution in [0.15, 0.2) is 219 Å². The Morgan fingerprint density at radius 2 is 0.982 bits per heavy atom. The molecule has 2 heterocycles. The van der Waals surface area contributed by atoms with Crippen LogP contribution in [0.4, 0.5) is 17.1 Å². The van der Waals surface area contributed by atoms with E-state index in [1.54, 1.807) is 0 Å². The molecule has 0 atom stereocenters. The number of benzene rings is 8. The first kappa shape index (κ1) is 32.8. The van der Waals surface area contributed by atoms with Crippen molar-refractivity contribution in [2.45, 2.75) is 5.41 Å². The van der Waals surface area contributed by atoms with Gasteiger partial charge in [0.1, 0.15) is 5.82 Å². The monoisotopic (exact) mass is 728 g/mol. The molecule has 0 radical (unpaired) electrons. The molecule has 0 N–H and O–H groups in total. The molecule has 0 saturated heterocycles. The van der Waals surface area contributed by atoms with Crippen LogP contribution >= 0.6 is 0 Å². The Morgan fingerprint density at radius 1 is 0.439 bits per heavy atom. The topological polar surface area (TPSA) is 34.0 Å². The molecular weight excluding hydrogens is 693 g/mol. The van der Waals surface area contributed by atoms with Gasteiger partial charge in [-0.05, 0) is 94.0 Å². The lowest BCUT2D eigenvalue weighted by Crippen LogP contribution is -2.28. The molecule has 57 heavy (non-hydrogen) atoms. The van der Waals surface area contributed by atoms with Crippen LogP contribution < -0.4 is 4.90 Å². The van der Waals surface area contributed by atoms with E-state index < -0.39 is 5.41 Å². The standard InChI is InChI=1S/C53H36N4/c1-3-15-37(16-4-1)52-55-50-25-13-14-26-51(50)57(52)43-33-29-40(30-34-43)53(47-22-10-8-20-45(47)46-21-9-11-23-48(46)53)39-27-31-42(32-28-39)56(41-18-5-2-6-19-41)44-35-38-17-7-12-24-49(38)54-36-44/h1-36H. The smallest absolute Gasteiger partial charge is 0.145 e. The molecule has 1 aliphatic rings. The summed E-state index contributed by atoms with van der Waals surface area (Å²) in [6, 6.07) is 76.1. The van der Waals surface area contributed by atoms with Gasteiger partial charge in [0, 0.05) is 28.0 Å². The van der Waals surface area contributed by atoms with Crippen LogP contribution in [-0.2, 0) is 5.41 Å². The Morgan fingerprint density at radius 3 is 1.68 bits per heavy atom. The zero-order valence-electron chi connectivity index (χ0n) is 31.1. The van der Waals surface area contributed by atoms with Crippen molar-refractivity contribution in [1.29, 1.82) is 0 Å². The maximum absolute atomic E-state index is 5.12. The molecule has 0 amide bonds. The lowest BCUT2D eigenvalue weighted by Gasteiger charge is -2.34. The molecule has 0 fully saturated rings. The lowest BCUT2D eigenvalue weighted by molar-refractivity contribution is 0.768. The largest absolute Gasteiger partial charge is 0.309 e. The minimum atomic E-state index is -0.550. The molecule has 4 nitrogen and oxygen atoms in total. The SMILES string of the molecule is c1ccc(-c2nc3ccccc3n2-c2ccc(C3(c4ccc(N(c5ccccc5)c5cnc6ccccc6c5)cc4)c4ccccc4-c4ccccc43)cc2)cc1. The average molecular weight is 729 g/mol. The fourth-order valence-electron chi connectivity index (χ4n) is 9.02. The first-order valence-electron chi connectivity index (χ1n) is 19.4. The Labute approximate surface area is 331 Å². The van der Waals surface area contributed by atoms with Gasteiger partial charge >= 0.3 is 0 Å². The Bertz CT molecular complexity index is 3010. The number of rotatable bonds is 7. The van der Waals surface area contributed by atoms with E-state index in [-0.39, 0.29) is 0 Å². The van der Waals surface area contributed by atoms with Crippen LogP contribution in [-0.4, -0.2) is 14.5 Å². The molecule has 2 aromatic heterocycles. The van der Waals surface area contributed by atoms with Gasteiger partial charge in [0.15, 0.2) is 0 Å². The van der Waals surface area contributed by atoms with Crippen LogP contribution in [0.5, 0.6) is 0 Å². The first-order valence-corrected chi connectivity index (χ1v) is 19.4. The second-order valence-electron chi connectivity index (χ2n) is 14.6. The Hall–Kier alpha value is -7.56. The number of nitrogens with zero attached hydrogens (tertiary/aromatic N) is 4. The molecule has 0 bridgehead atoms. The first-order chi connectivity index (χ1) is 28.3. The third-order valence-corrected chi connectivity index (χ3v) is 11.5. The molecule has 0 spiro atoms. The van der Waals surface area contributed by atoms with E-state index in [1.165, 1.54) is 33.4 Å². The van der Waals surface area contributed by atoms with Crippen molar-refractivity contribution in [2.75, 3.05) is 4.90 Å².